The van der Waals surface area contributed by atoms with Gasteiger partial charge < -0.3 is 10.8 Å². The molecule has 1 aliphatic carbocycles. The van der Waals surface area contributed by atoms with E-state index in [1.807, 2.05) is 12.1 Å². The summed E-state index contributed by atoms with van der Waals surface area (Å²) >= 11 is 1.80. The van der Waals surface area contributed by atoms with Gasteiger partial charge in [0.15, 0.2) is 0 Å². The van der Waals surface area contributed by atoms with Gasteiger partial charge in [-0.3, -0.25) is 0 Å². The average molecular weight is 209 g/mol. The average Bonchev–Trinajstić information content (AvgIpc) is 2.88. The molecule has 3 N–H and O–H groups in total. The van der Waals surface area contributed by atoms with Crippen molar-refractivity contribution in [1.82, 2.24) is 0 Å². The van der Waals surface area contributed by atoms with Crippen molar-refractivity contribution in [1.29, 1.82) is 0 Å². The number of hydrogen-bond acceptors (Lipinski definition) is 3. The number of thioether (sulfide) groups is 1. The van der Waals surface area contributed by atoms with Gasteiger partial charge in [0.2, 0.25) is 0 Å². The van der Waals surface area contributed by atoms with Gasteiger partial charge in [0.05, 0.1) is 0 Å². The van der Waals surface area contributed by atoms with Crippen LogP contribution in [0.4, 0.5) is 0 Å². The lowest BCUT2D eigenvalue weighted by Crippen LogP contribution is -2.21. The van der Waals surface area contributed by atoms with Crippen LogP contribution < -0.4 is 5.73 Å². The SMILES string of the molecule is NC1(CCSc2ccc(O)cc2)CC1. The highest BCUT2D eigenvalue weighted by Gasteiger charge is 2.37. The zero-order chi connectivity index (χ0) is 10.0. The van der Waals surface area contributed by atoms with E-state index in [1.54, 1.807) is 23.9 Å². The zero-order valence-electron chi connectivity index (χ0n) is 8.07. The lowest BCUT2D eigenvalue weighted by molar-refractivity contribution is 0.475. The molecule has 0 saturated heterocycles. The fourth-order valence-corrected chi connectivity index (χ4v) is 2.40. The smallest absolute Gasteiger partial charge is 0.115 e. The predicted molar refractivity (Wildman–Crippen MR) is 59.6 cm³/mol. The van der Waals surface area contributed by atoms with Crippen LogP contribution in [0.25, 0.3) is 0 Å². The Hall–Kier alpha value is -0.670. The van der Waals surface area contributed by atoms with Crippen molar-refractivity contribution < 1.29 is 5.11 Å². The van der Waals surface area contributed by atoms with E-state index in [0.29, 0.717) is 5.75 Å². The second-order valence-corrected chi connectivity index (χ2v) is 5.12. The van der Waals surface area contributed by atoms with Crippen molar-refractivity contribution in [2.24, 2.45) is 5.73 Å². The number of phenolic OH excluding ortho intramolecular Hbond substituents is 1. The molecule has 0 amide bonds. The first-order chi connectivity index (χ1) is 6.68. The third kappa shape index (κ3) is 2.66. The van der Waals surface area contributed by atoms with Gasteiger partial charge in [-0.25, -0.2) is 0 Å². The molecule has 2 nitrogen and oxygen atoms in total. The van der Waals surface area contributed by atoms with Crippen LogP contribution >= 0.6 is 11.8 Å². The molecule has 0 aromatic heterocycles. The molecule has 1 saturated carbocycles. The molecule has 2 rings (SSSR count). The molecule has 1 aromatic carbocycles. The molecule has 0 aliphatic heterocycles. The molecule has 1 fully saturated rings. The van der Waals surface area contributed by atoms with E-state index in [2.05, 4.69) is 0 Å². The van der Waals surface area contributed by atoms with Crippen molar-refractivity contribution in [2.45, 2.75) is 29.7 Å². The van der Waals surface area contributed by atoms with E-state index in [1.165, 1.54) is 17.7 Å². The molecule has 76 valence electrons. The summed E-state index contributed by atoms with van der Waals surface area (Å²) in [5.74, 6) is 1.40. The van der Waals surface area contributed by atoms with Crippen LogP contribution in [0.15, 0.2) is 29.2 Å². The third-order valence-electron chi connectivity index (χ3n) is 2.60. The Bertz CT molecular complexity index is 306. The van der Waals surface area contributed by atoms with Crippen LogP contribution in [0.5, 0.6) is 5.75 Å². The zero-order valence-corrected chi connectivity index (χ0v) is 8.89. The summed E-state index contributed by atoms with van der Waals surface area (Å²) in [6.07, 6.45) is 3.46. The van der Waals surface area contributed by atoms with Crippen LogP contribution in [0.2, 0.25) is 0 Å². The van der Waals surface area contributed by atoms with Crippen molar-refractivity contribution >= 4 is 11.8 Å². The number of phenols is 1. The number of rotatable bonds is 4. The molecule has 14 heavy (non-hydrogen) atoms. The van der Waals surface area contributed by atoms with Crippen LogP contribution in [0.3, 0.4) is 0 Å². The number of benzene rings is 1. The van der Waals surface area contributed by atoms with E-state index in [-0.39, 0.29) is 5.54 Å². The second kappa shape index (κ2) is 3.83. The summed E-state index contributed by atoms with van der Waals surface area (Å²) in [6.45, 7) is 0. The molecule has 0 unspecified atom stereocenters. The molecule has 1 aromatic rings. The van der Waals surface area contributed by atoms with Crippen molar-refractivity contribution in [3.05, 3.63) is 24.3 Å². The van der Waals surface area contributed by atoms with Gasteiger partial charge in [-0.1, -0.05) is 0 Å². The highest BCUT2D eigenvalue weighted by molar-refractivity contribution is 7.99. The van der Waals surface area contributed by atoms with Crippen molar-refractivity contribution in [3.63, 3.8) is 0 Å². The summed E-state index contributed by atoms with van der Waals surface area (Å²) in [4.78, 5) is 1.20. The largest absolute Gasteiger partial charge is 0.508 e. The van der Waals surface area contributed by atoms with Crippen LogP contribution in [0, 0.1) is 0 Å². The molecule has 0 atom stereocenters. The van der Waals surface area contributed by atoms with Crippen LogP contribution in [0.1, 0.15) is 19.3 Å². The topological polar surface area (TPSA) is 46.2 Å². The Morgan fingerprint density at radius 1 is 1.29 bits per heavy atom. The Kier molecular flexibility index (Phi) is 2.70. The lowest BCUT2D eigenvalue weighted by Gasteiger charge is -2.07. The van der Waals surface area contributed by atoms with E-state index in [9.17, 15) is 0 Å². The van der Waals surface area contributed by atoms with Gasteiger partial charge in [0.1, 0.15) is 5.75 Å². The molecular weight excluding hydrogens is 194 g/mol. The summed E-state index contributed by atoms with van der Waals surface area (Å²) in [5.41, 5.74) is 6.14. The molecule has 0 heterocycles. The molecular formula is C11H15NOS. The summed E-state index contributed by atoms with van der Waals surface area (Å²) in [6, 6.07) is 7.32. The van der Waals surface area contributed by atoms with E-state index < -0.39 is 0 Å². The fraction of sp³-hybridized carbons (Fsp3) is 0.455. The summed E-state index contributed by atoms with van der Waals surface area (Å²) in [5, 5.41) is 9.09. The highest BCUT2D eigenvalue weighted by Crippen LogP contribution is 2.37. The first-order valence-corrected chi connectivity index (χ1v) is 5.87. The number of aromatic hydroxyl groups is 1. The molecule has 0 radical (unpaired) electrons. The number of hydrogen-bond donors (Lipinski definition) is 2. The van der Waals surface area contributed by atoms with E-state index in [0.717, 1.165) is 12.2 Å². The minimum absolute atomic E-state index is 0.157. The molecule has 1 aliphatic rings. The first kappa shape index (κ1) is 9.87. The Balaban J connectivity index is 1.77. The lowest BCUT2D eigenvalue weighted by atomic mass is 10.2. The first-order valence-electron chi connectivity index (χ1n) is 4.89. The van der Waals surface area contributed by atoms with Crippen molar-refractivity contribution in [3.8, 4) is 5.75 Å². The third-order valence-corrected chi connectivity index (χ3v) is 3.61. The Morgan fingerprint density at radius 2 is 1.93 bits per heavy atom. The normalized spacial score (nSPS) is 18.1. The van der Waals surface area contributed by atoms with Gasteiger partial charge in [-0.2, -0.15) is 0 Å². The quantitative estimate of drug-likeness (QED) is 0.748. The number of nitrogens with two attached hydrogens (primary N) is 1. The van der Waals surface area contributed by atoms with Gasteiger partial charge in [-0.15, -0.1) is 11.8 Å². The maximum Gasteiger partial charge on any atom is 0.115 e. The minimum atomic E-state index is 0.157. The Labute approximate surface area is 88.5 Å². The molecule has 3 heteroatoms. The fourth-order valence-electron chi connectivity index (χ4n) is 1.33. The van der Waals surface area contributed by atoms with Gasteiger partial charge in [0, 0.05) is 10.4 Å². The highest BCUT2D eigenvalue weighted by atomic mass is 32.2. The van der Waals surface area contributed by atoms with E-state index >= 15 is 0 Å². The summed E-state index contributed by atoms with van der Waals surface area (Å²) in [7, 11) is 0. The van der Waals surface area contributed by atoms with E-state index in [4.69, 9.17) is 10.8 Å². The molecule has 0 bridgehead atoms. The standard InChI is InChI=1S/C11H15NOS/c12-11(5-6-11)7-8-14-10-3-1-9(13)2-4-10/h1-4,13H,5-8,12H2. The minimum Gasteiger partial charge on any atom is -0.508 e. The predicted octanol–water partition coefficient (Wildman–Crippen LogP) is 2.37. The maximum atomic E-state index is 9.09. The van der Waals surface area contributed by atoms with Crippen molar-refractivity contribution in [2.75, 3.05) is 5.75 Å². The van der Waals surface area contributed by atoms with Crippen LogP contribution in [-0.4, -0.2) is 16.4 Å². The maximum absolute atomic E-state index is 9.09. The van der Waals surface area contributed by atoms with Crippen LogP contribution in [-0.2, 0) is 0 Å². The summed E-state index contributed by atoms with van der Waals surface area (Å²) < 4.78 is 0. The monoisotopic (exact) mass is 209 g/mol. The molecule has 0 spiro atoms. The van der Waals surface area contributed by atoms with Gasteiger partial charge >= 0.3 is 0 Å². The second-order valence-electron chi connectivity index (χ2n) is 3.95. The van der Waals surface area contributed by atoms with Gasteiger partial charge in [0.25, 0.3) is 0 Å². The van der Waals surface area contributed by atoms with Gasteiger partial charge in [-0.05, 0) is 49.3 Å². The Morgan fingerprint density at radius 3 is 2.50 bits per heavy atom.